The molecular weight excluding hydrogens is 386 g/mol. The van der Waals surface area contributed by atoms with Crippen molar-refractivity contribution in [2.75, 3.05) is 16.0 Å². The third-order valence-corrected chi connectivity index (χ3v) is 3.88. The summed E-state index contributed by atoms with van der Waals surface area (Å²) >= 11 is 5.97. The first-order valence-corrected chi connectivity index (χ1v) is 8.13. The van der Waals surface area contributed by atoms with Crippen molar-refractivity contribution in [1.29, 1.82) is 5.26 Å². The summed E-state index contributed by atoms with van der Waals surface area (Å²) in [7, 11) is 0. The Bertz CT molecular complexity index is 1010. The fourth-order valence-electron chi connectivity index (χ4n) is 2.22. The van der Waals surface area contributed by atoms with Crippen molar-refractivity contribution in [3.8, 4) is 6.07 Å². The highest BCUT2D eigenvalue weighted by Gasteiger charge is 2.24. The van der Waals surface area contributed by atoms with Gasteiger partial charge in [-0.15, -0.1) is 0 Å². The van der Waals surface area contributed by atoms with Gasteiger partial charge in [-0.2, -0.15) is 5.26 Å². The first-order chi connectivity index (χ1) is 13.2. The van der Waals surface area contributed by atoms with Gasteiger partial charge in [0.25, 0.3) is 11.6 Å². The monoisotopic (exact) mass is 399 g/mol. The van der Waals surface area contributed by atoms with Gasteiger partial charge in [0.05, 0.1) is 21.3 Å². The maximum absolute atomic E-state index is 12.7. The number of nitro benzene ring substituents is 1. The topological polar surface area (TPSA) is 142 Å². The van der Waals surface area contributed by atoms with E-state index in [2.05, 4.69) is 5.32 Å². The van der Waals surface area contributed by atoms with Crippen LogP contribution < -0.4 is 16.0 Å². The molecule has 0 atom stereocenters. The van der Waals surface area contributed by atoms with Crippen LogP contribution in [0.15, 0.2) is 54.2 Å². The Kier molecular flexibility index (Phi) is 6.31. The zero-order valence-corrected chi connectivity index (χ0v) is 15.3. The Morgan fingerprint density at radius 3 is 2.46 bits per heavy atom. The molecule has 0 aromatic heterocycles. The summed E-state index contributed by atoms with van der Waals surface area (Å²) in [6, 6.07) is 11.3. The van der Waals surface area contributed by atoms with Crippen molar-refractivity contribution in [2.45, 2.75) is 6.92 Å². The standard InChI is InChI=1S/C18H14ClN5O4/c1-11(25)23(14-4-2-13(21)3-5-14)18(26)12(9-20)10-22-17-8-15(24(27)28)6-7-16(17)19/h2-8,10,22H,21H2,1H3/b12-10-. The smallest absolute Gasteiger partial charge is 0.277 e. The second-order valence-corrected chi connectivity index (χ2v) is 5.89. The third-order valence-electron chi connectivity index (χ3n) is 3.55. The number of amides is 2. The summed E-state index contributed by atoms with van der Waals surface area (Å²) < 4.78 is 0. The number of carbonyl (C=O) groups is 2. The Balaban J connectivity index is 2.35. The van der Waals surface area contributed by atoms with Crippen molar-refractivity contribution in [1.82, 2.24) is 0 Å². The molecule has 0 heterocycles. The molecule has 2 rings (SSSR count). The van der Waals surface area contributed by atoms with Crippen LogP contribution in [-0.4, -0.2) is 16.7 Å². The second kappa shape index (κ2) is 8.66. The molecule has 0 radical (unpaired) electrons. The van der Waals surface area contributed by atoms with E-state index < -0.39 is 22.3 Å². The minimum Gasteiger partial charge on any atom is -0.399 e. The molecule has 2 aromatic rings. The molecule has 142 valence electrons. The minimum atomic E-state index is -0.881. The van der Waals surface area contributed by atoms with Crippen LogP contribution in [0.25, 0.3) is 0 Å². The van der Waals surface area contributed by atoms with Gasteiger partial charge in [-0.3, -0.25) is 19.7 Å². The van der Waals surface area contributed by atoms with Gasteiger partial charge in [0.15, 0.2) is 0 Å². The number of nitrogens with zero attached hydrogens (tertiary/aromatic N) is 3. The van der Waals surface area contributed by atoms with Gasteiger partial charge >= 0.3 is 0 Å². The number of benzene rings is 2. The molecule has 0 aliphatic carbocycles. The van der Waals surface area contributed by atoms with Crippen LogP contribution in [0.3, 0.4) is 0 Å². The predicted octanol–water partition coefficient (Wildman–Crippen LogP) is 3.23. The number of hydrogen-bond acceptors (Lipinski definition) is 7. The SMILES string of the molecule is CC(=O)N(C(=O)/C(C#N)=C\Nc1cc([N+](=O)[O-])ccc1Cl)c1ccc(N)cc1. The molecule has 0 fully saturated rings. The van der Waals surface area contributed by atoms with Crippen LogP contribution in [0.1, 0.15) is 6.92 Å². The van der Waals surface area contributed by atoms with E-state index in [-0.39, 0.29) is 22.1 Å². The quantitative estimate of drug-likeness (QED) is 0.258. The van der Waals surface area contributed by atoms with E-state index in [0.717, 1.165) is 17.2 Å². The van der Waals surface area contributed by atoms with Crippen LogP contribution in [-0.2, 0) is 9.59 Å². The van der Waals surface area contributed by atoms with E-state index in [1.54, 1.807) is 6.07 Å². The largest absolute Gasteiger partial charge is 0.399 e. The summed E-state index contributed by atoms with van der Waals surface area (Å²) in [5.74, 6) is -1.49. The van der Waals surface area contributed by atoms with Crippen molar-refractivity contribution in [2.24, 2.45) is 0 Å². The molecule has 3 N–H and O–H groups in total. The highest BCUT2D eigenvalue weighted by atomic mass is 35.5. The first-order valence-electron chi connectivity index (χ1n) is 7.76. The Labute approximate surface area is 164 Å². The normalized spacial score (nSPS) is 10.7. The number of nitriles is 1. The van der Waals surface area contributed by atoms with Crippen LogP contribution in [0.5, 0.6) is 0 Å². The summed E-state index contributed by atoms with van der Waals surface area (Å²) in [4.78, 5) is 35.7. The third kappa shape index (κ3) is 4.63. The highest BCUT2D eigenvalue weighted by Crippen LogP contribution is 2.27. The molecule has 2 amide bonds. The maximum atomic E-state index is 12.7. The molecule has 0 aliphatic heterocycles. The molecule has 0 aliphatic rings. The lowest BCUT2D eigenvalue weighted by atomic mass is 10.2. The van der Waals surface area contributed by atoms with Crippen molar-refractivity contribution in [3.63, 3.8) is 0 Å². The Morgan fingerprint density at radius 2 is 1.93 bits per heavy atom. The van der Waals surface area contributed by atoms with Gasteiger partial charge in [-0.1, -0.05) is 11.6 Å². The predicted molar refractivity (Wildman–Crippen MR) is 104 cm³/mol. The maximum Gasteiger partial charge on any atom is 0.277 e. The van der Waals surface area contributed by atoms with E-state index in [1.807, 2.05) is 0 Å². The Morgan fingerprint density at radius 1 is 1.29 bits per heavy atom. The van der Waals surface area contributed by atoms with Gasteiger partial charge in [-0.25, -0.2) is 4.90 Å². The summed E-state index contributed by atoms with van der Waals surface area (Å²) in [5, 5.41) is 22.9. The fourth-order valence-corrected chi connectivity index (χ4v) is 2.39. The zero-order chi connectivity index (χ0) is 20.8. The van der Waals surface area contributed by atoms with Crippen molar-refractivity contribution >= 4 is 46.2 Å². The number of nitrogen functional groups attached to an aromatic ring is 1. The average molecular weight is 400 g/mol. The Hall–Kier alpha value is -3.90. The van der Waals surface area contributed by atoms with Crippen LogP contribution in [0.4, 0.5) is 22.7 Å². The van der Waals surface area contributed by atoms with E-state index in [1.165, 1.54) is 43.3 Å². The number of anilines is 3. The van der Waals surface area contributed by atoms with Crippen LogP contribution in [0.2, 0.25) is 5.02 Å². The average Bonchev–Trinajstić information content (AvgIpc) is 2.64. The second-order valence-electron chi connectivity index (χ2n) is 5.49. The van der Waals surface area contributed by atoms with E-state index in [0.29, 0.717) is 5.69 Å². The molecular formula is C18H14ClN5O4. The molecule has 0 bridgehead atoms. The number of non-ortho nitro benzene ring substituents is 1. The number of nitro groups is 1. The molecule has 0 unspecified atom stereocenters. The summed E-state index contributed by atoms with van der Waals surface area (Å²) in [6.45, 7) is 1.17. The number of nitrogens with two attached hydrogens (primary N) is 1. The molecule has 9 nitrogen and oxygen atoms in total. The molecule has 2 aromatic carbocycles. The molecule has 0 saturated heterocycles. The number of rotatable bonds is 5. The lowest BCUT2D eigenvalue weighted by Crippen LogP contribution is -2.36. The van der Waals surface area contributed by atoms with E-state index >= 15 is 0 Å². The molecule has 10 heteroatoms. The lowest BCUT2D eigenvalue weighted by molar-refractivity contribution is -0.384. The van der Waals surface area contributed by atoms with Gasteiger partial charge in [-0.05, 0) is 30.3 Å². The summed E-state index contributed by atoms with van der Waals surface area (Å²) in [5.41, 5.74) is 5.77. The lowest BCUT2D eigenvalue weighted by Gasteiger charge is -2.19. The van der Waals surface area contributed by atoms with Crippen LogP contribution in [0, 0.1) is 21.4 Å². The summed E-state index contributed by atoms with van der Waals surface area (Å²) in [6.07, 6.45) is 1.03. The molecule has 28 heavy (non-hydrogen) atoms. The van der Waals surface area contributed by atoms with Gasteiger partial charge in [0.1, 0.15) is 11.6 Å². The van der Waals surface area contributed by atoms with Crippen molar-refractivity contribution < 1.29 is 14.5 Å². The molecule has 0 spiro atoms. The number of carbonyl (C=O) groups excluding carboxylic acids is 2. The van der Waals surface area contributed by atoms with E-state index in [4.69, 9.17) is 17.3 Å². The van der Waals surface area contributed by atoms with Gasteiger partial charge in [0.2, 0.25) is 5.91 Å². The van der Waals surface area contributed by atoms with Crippen LogP contribution >= 0.6 is 11.6 Å². The number of imide groups is 1. The number of halogens is 1. The van der Waals surface area contributed by atoms with Crippen molar-refractivity contribution in [3.05, 3.63) is 69.4 Å². The van der Waals surface area contributed by atoms with Gasteiger partial charge < -0.3 is 11.1 Å². The zero-order valence-electron chi connectivity index (χ0n) is 14.5. The fraction of sp³-hybridized carbons (Fsp3) is 0.0556. The number of nitrogens with one attached hydrogen (secondary N) is 1. The number of hydrogen-bond donors (Lipinski definition) is 2. The molecule has 0 saturated carbocycles. The van der Waals surface area contributed by atoms with Gasteiger partial charge in [0, 0.05) is 30.9 Å². The minimum absolute atomic E-state index is 0.123. The van der Waals surface area contributed by atoms with E-state index in [9.17, 15) is 25.0 Å². The first kappa shape index (κ1) is 20.4. The highest BCUT2D eigenvalue weighted by molar-refractivity contribution is 6.33.